The Bertz CT molecular complexity index is 742. The topological polar surface area (TPSA) is 83.7 Å². The molecule has 0 spiro atoms. The molecule has 1 aliphatic heterocycles. The van der Waals surface area contributed by atoms with Gasteiger partial charge in [0.1, 0.15) is 0 Å². The minimum atomic E-state index is -3.60. The summed E-state index contributed by atoms with van der Waals surface area (Å²) in [6, 6.07) is 4.71. The fourth-order valence-electron chi connectivity index (χ4n) is 3.62. The van der Waals surface area contributed by atoms with Crippen LogP contribution in [0.1, 0.15) is 56.0 Å². The van der Waals surface area contributed by atoms with Gasteiger partial charge in [-0.15, -0.1) is 0 Å². The molecule has 1 fully saturated rings. The van der Waals surface area contributed by atoms with E-state index in [2.05, 4.69) is 0 Å². The molecule has 2 N–H and O–H groups in total. The van der Waals surface area contributed by atoms with Crippen LogP contribution in [0, 0.1) is 6.92 Å². The summed E-state index contributed by atoms with van der Waals surface area (Å²) < 4.78 is 27.0. The van der Waals surface area contributed by atoms with Crippen LogP contribution in [0.25, 0.3) is 0 Å². The molecule has 26 heavy (non-hydrogen) atoms. The second-order valence-electron chi connectivity index (χ2n) is 6.99. The minimum Gasteiger partial charge on any atom is -0.334 e. The highest BCUT2D eigenvalue weighted by molar-refractivity contribution is 7.89. The van der Waals surface area contributed by atoms with Gasteiger partial charge in [0.05, 0.1) is 4.90 Å². The molecular formula is C19H31N3O3S. The molecule has 1 saturated heterocycles. The van der Waals surface area contributed by atoms with Crippen molar-refractivity contribution in [1.82, 2.24) is 9.21 Å². The summed E-state index contributed by atoms with van der Waals surface area (Å²) in [5.74, 6) is -0.124. The summed E-state index contributed by atoms with van der Waals surface area (Å²) in [5.41, 5.74) is 7.32. The third-order valence-corrected chi connectivity index (χ3v) is 7.25. The molecule has 146 valence electrons. The zero-order valence-corrected chi connectivity index (χ0v) is 17.1. The maximum absolute atomic E-state index is 13.2. The standard InChI is InChI=1S/C19H31N3O3S/c1-5-21(6-2)26(24,25)16-11-10-14(3)17(13-16)19(23)22-12-8-7-9-18(22)15(4)20/h10-11,13,15,18H,5-9,12,20H2,1-4H3. The summed E-state index contributed by atoms with van der Waals surface area (Å²) in [4.78, 5) is 15.2. The fraction of sp³-hybridized carbons (Fsp3) is 0.632. The van der Waals surface area contributed by atoms with Gasteiger partial charge in [-0.3, -0.25) is 4.79 Å². The average molecular weight is 382 g/mol. The Morgan fingerprint density at radius 1 is 1.31 bits per heavy atom. The summed E-state index contributed by atoms with van der Waals surface area (Å²) in [5, 5.41) is 0. The van der Waals surface area contributed by atoms with Crippen molar-refractivity contribution < 1.29 is 13.2 Å². The van der Waals surface area contributed by atoms with Gasteiger partial charge in [0.15, 0.2) is 0 Å². The van der Waals surface area contributed by atoms with Crippen LogP contribution < -0.4 is 5.73 Å². The lowest BCUT2D eigenvalue weighted by atomic mass is 9.95. The van der Waals surface area contributed by atoms with Gasteiger partial charge in [-0.1, -0.05) is 19.9 Å². The molecule has 7 heteroatoms. The predicted molar refractivity (Wildman–Crippen MR) is 104 cm³/mol. The van der Waals surface area contributed by atoms with Gasteiger partial charge in [-0.25, -0.2) is 8.42 Å². The maximum atomic E-state index is 13.2. The highest BCUT2D eigenvalue weighted by Crippen LogP contribution is 2.25. The van der Waals surface area contributed by atoms with Gasteiger partial charge in [0.25, 0.3) is 5.91 Å². The van der Waals surface area contributed by atoms with Crippen molar-refractivity contribution in [2.75, 3.05) is 19.6 Å². The maximum Gasteiger partial charge on any atom is 0.254 e. The Balaban J connectivity index is 2.42. The number of piperidine rings is 1. The lowest BCUT2D eigenvalue weighted by Gasteiger charge is -2.38. The zero-order valence-electron chi connectivity index (χ0n) is 16.2. The molecule has 1 amide bonds. The summed E-state index contributed by atoms with van der Waals surface area (Å²) in [7, 11) is -3.60. The first-order valence-electron chi connectivity index (χ1n) is 9.41. The first-order chi connectivity index (χ1) is 12.2. The summed E-state index contributed by atoms with van der Waals surface area (Å²) in [6.07, 6.45) is 2.90. The molecule has 2 rings (SSSR count). The van der Waals surface area contributed by atoms with Gasteiger partial charge in [0.2, 0.25) is 10.0 Å². The van der Waals surface area contributed by atoms with Crippen LogP contribution in [0.4, 0.5) is 0 Å². The molecule has 1 heterocycles. The number of rotatable bonds is 6. The van der Waals surface area contributed by atoms with Crippen LogP contribution in [0.15, 0.2) is 23.1 Å². The predicted octanol–water partition coefficient (Wildman–Crippen LogP) is 2.37. The Hall–Kier alpha value is -1.44. The number of nitrogens with zero attached hydrogens (tertiary/aromatic N) is 2. The highest BCUT2D eigenvalue weighted by Gasteiger charge is 2.31. The average Bonchev–Trinajstić information content (AvgIpc) is 2.62. The number of carbonyl (C=O) groups excluding carboxylic acids is 1. The van der Waals surface area contributed by atoms with E-state index in [9.17, 15) is 13.2 Å². The van der Waals surface area contributed by atoms with E-state index < -0.39 is 10.0 Å². The van der Waals surface area contributed by atoms with Gasteiger partial charge in [0, 0.05) is 37.3 Å². The van der Waals surface area contributed by atoms with Gasteiger partial charge >= 0.3 is 0 Å². The van der Waals surface area contributed by atoms with Crippen molar-refractivity contribution >= 4 is 15.9 Å². The number of amides is 1. The van der Waals surface area contributed by atoms with Gasteiger partial charge < -0.3 is 10.6 Å². The normalized spacial score (nSPS) is 19.6. The van der Waals surface area contributed by atoms with Gasteiger partial charge in [-0.2, -0.15) is 4.31 Å². The Kier molecular flexibility index (Phi) is 6.82. The lowest BCUT2D eigenvalue weighted by Crippen LogP contribution is -2.51. The molecule has 2 unspecified atom stereocenters. The van der Waals surface area contributed by atoms with E-state index >= 15 is 0 Å². The van der Waals surface area contributed by atoms with Crippen molar-refractivity contribution in [3.05, 3.63) is 29.3 Å². The number of sulfonamides is 1. The monoisotopic (exact) mass is 381 g/mol. The zero-order chi connectivity index (χ0) is 19.5. The molecular weight excluding hydrogens is 350 g/mol. The number of hydrogen-bond acceptors (Lipinski definition) is 4. The first-order valence-corrected chi connectivity index (χ1v) is 10.8. The SMILES string of the molecule is CCN(CC)S(=O)(=O)c1ccc(C)c(C(=O)N2CCCCC2C(C)N)c1. The Morgan fingerprint density at radius 2 is 1.96 bits per heavy atom. The van der Waals surface area contributed by atoms with Crippen LogP contribution in [0.5, 0.6) is 0 Å². The molecule has 0 radical (unpaired) electrons. The summed E-state index contributed by atoms with van der Waals surface area (Å²) in [6.45, 7) is 8.84. The number of likely N-dealkylation sites (tertiary alicyclic amines) is 1. The second-order valence-corrected chi connectivity index (χ2v) is 8.92. The second kappa shape index (κ2) is 8.50. The van der Waals surface area contributed by atoms with Crippen molar-refractivity contribution in [3.8, 4) is 0 Å². The molecule has 0 bridgehead atoms. The molecule has 0 aromatic heterocycles. The Labute approximate surface area is 157 Å². The van der Waals surface area contributed by atoms with Crippen molar-refractivity contribution in [2.45, 2.75) is 63.9 Å². The van der Waals surface area contributed by atoms with Crippen molar-refractivity contribution in [1.29, 1.82) is 0 Å². The van der Waals surface area contributed by atoms with E-state index in [1.165, 1.54) is 10.4 Å². The first kappa shape index (κ1) is 20.9. The van der Waals surface area contributed by atoms with Crippen LogP contribution >= 0.6 is 0 Å². The Morgan fingerprint density at radius 3 is 2.54 bits per heavy atom. The largest absolute Gasteiger partial charge is 0.334 e. The number of nitrogens with two attached hydrogens (primary N) is 1. The van der Waals surface area contributed by atoms with Crippen LogP contribution in [-0.2, 0) is 10.0 Å². The molecule has 0 saturated carbocycles. The van der Waals surface area contributed by atoms with Gasteiger partial charge in [-0.05, 0) is 50.8 Å². The number of carbonyl (C=O) groups is 1. The van der Waals surface area contributed by atoms with E-state index in [0.717, 1.165) is 24.8 Å². The molecule has 0 aliphatic carbocycles. The molecule has 2 atom stereocenters. The quantitative estimate of drug-likeness (QED) is 0.820. The molecule has 1 aromatic rings. The minimum absolute atomic E-state index is 0.00121. The van der Waals surface area contributed by atoms with E-state index in [4.69, 9.17) is 5.73 Å². The lowest BCUT2D eigenvalue weighted by molar-refractivity contribution is 0.0583. The smallest absolute Gasteiger partial charge is 0.254 e. The number of benzene rings is 1. The molecule has 1 aliphatic rings. The molecule has 1 aromatic carbocycles. The van der Waals surface area contributed by atoms with Crippen LogP contribution in [0.3, 0.4) is 0 Å². The van der Waals surface area contributed by atoms with E-state index in [-0.39, 0.29) is 22.9 Å². The van der Waals surface area contributed by atoms with Crippen LogP contribution in [0.2, 0.25) is 0 Å². The van der Waals surface area contributed by atoms with E-state index in [1.807, 2.05) is 32.6 Å². The summed E-state index contributed by atoms with van der Waals surface area (Å²) >= 11 is 0. The fourth-order valence-corrected chi connectivity index (χ4v) is 5.10. The van der Waals surface area contributed by atoms with Crippen molar-refractivity contribution in [3.63, 3.8) is 0 Å². The molecule has 6 nitrogen and oxygen atoms in total. The van der Waals surface area contributed by atoms with Crippen molar-refractivity contribution in [2.24, 2.45) is 5.73 Å². The number of hydrogen-bond donors (Lipinski definition) is 1. The number of aryl methyl sites for hydroxylation is 1. The van der Waals surface area contributed by atoms with E-state index in [0.29, 0.717) is 25.2 Å². The van der Waals surface area contributed by atoms with E-state index in [1.54, 1.807) is 12.1 Å². The third-order valence-electron chi connectivity index (χ3n) is 5.20. The highest BCUT2D eigenvalue weighted by atomic mass is 32.2. The third kappa shape index (κ3) is 4.10. The van der Waals surface area contributed by atoms with Crippen LogP contribution in [-0.4, -0.2) is 55.2 Å².